The van der Waals surface area contributed by atoms with Crippen molar-refractivity contribution in [3.8, 4) is 11.8 Å². The monoisotopic (exact) mass is 406 g/mol. The number of carbonyl (C=O) groups excluding carboxylic acids is 1. The molecule has 3 rings (SSSR count). The smallest absolute Gasteiger partial charge is 0.279 e. The Kier molecular flexibility index (Phi) is 7.12. The largest absolute Gasteiger partial charge is 0.497 e. The highest BCUT2D eigenvalue weighted by atomic mass is 32.2. The number of fused-ring (bicyclic) bond motifs is 1. The summed E-state index contributed by atoms with van der Waals surface area (Å²) in [6.45, 7) is 1.11. The lowest BCUT2D eigenvalue weighted by Crippen LogP contribution is -3.08. The summed E-state index contributed by atoms with van der Waals surface area (Å²) < 4.78 is 5.27. The molecule has 0 fully saturated rings. The van der Waals surface area contributed by atoms with Crippen molar-refractivity contribution in [1.29, 1.82) is 5.26 Å². The highest BCUT2D eigenvalue weighted by molar-refractivity contribution is 7.99. The van der Waals surface area contributed by atoms with Crippen LogP contribution in [0.2, 0.25) is 0 Å². The van der Waals surface area contributed by atoms with Crippen LogP contribution in [0, 0.1) is 11.3 Å². The topological polar surface area (TPSA) is 66.6 Å². The first kappa shape index (κ1) is 20.7. The predicted octanol–water partition coefficient (Wildman–Crippen LogP) is 3.12. The van der Waals surface area contributed by atoms with Crippen LogP contribution in [0.15, 0.2) is 65.6 Å². The Hall–Kier alpha value is -3.01. The van der Waals surface area contributed by atoms with Crippen molar-refractivity contribution in [1.82, 2.24) is 0 Å². The van der Waals surface area contributed by atoms with E-state index < -0.39 is 0 Å². The number of likely N-dealkylation sites (N-methyl/N-ethyl adjacent to an activating group) is 1. The second kappa shape index (κ2) is 9.97. The van der Waals surface area contributed by atoms with Gasteiger partial charge in [0.2, 0.25) is 0 Å². The maximum Gasteiger partial charge on any atom is 0.279 e. The van der Waals surface area contributed by atoms with E-state index in [0.717, 1.165) is 38.5 Å². The van der Waals surface area contributed by atoms with E-state index in [1.54, 1.807) is 7.11 Å². The molecule has 6 heteroatoms. The number of amides is 1. The second-order valence-corrected chi connectivity index (χ2v) is 7.87. The Bertz CT molecular complexity index is 1050. The number of quaternary nitrogens is 1. The molecular formula is C23H24N3O2S+. The van der Waals surface area contributed by atoms with E-state index in [2.05, 4.69) is 35.7 Å². The molecular weight excluding hydrogens is 382 g/mol. The average Bonchev–Trinajstić information content (AvgIpc) is 2.72. The molecule has 0 saturated heterocycles. The number of para-hydroxylation sites is 1. The average molecular weight is 407 g/mol. The maximum atomic E-state index is 12.5. The van der Waals surface area contributed by atoms with Crippen LogP contribution in [-0.2, 0) is 11.3 Å². The number of nitriles is 1. The van der Waals surface area contributed by atoms with Gasteiger partial charge in [0.15, 0.2) is 6.54 Å². The van der Waals surface area contributed by atoms with Crippen LogP contribution in [0.5, 0.6) is 5.75 Å². The van der Waals surface area contributed by atoms with Crippen molar-refractivity contribution in [3.63, 3.8) is 0 Å². The number of nitrogens with zero attached hydrogens (tertiary/aromatic N) is 1. The van der Waals surface area contributed by atoms with Crippen LogP contribution in [0.3, 0.4) is 0 Å². The van der Waals surface area contributed by atoms with Gasteiger partial charge >= 0.3 is 0 Å². The molecule has 0 bridgehead atoms. The first-order valence-electron chi connectivity index (χ1n) is 9.35. The van der Waals surface area contributed by atoms with E-state index in [0.29, 0.717) is 12.3 Å². The van der Waals surface area contributed by atoms with E-state index in [1.165, 1.54) is 17.3 Å². The van der Waals surface area contributed by atoms with Crippen LogP contribution in [0.4, 0.5) is 5.69 Å². The van der Waals surface area contributed by atoms with Gasteiger partial charge in [-0.25, -0.2) is 0 Å². The molecule has 0 aliphatic rings. The second-order valence-electron chi connectivity index (χ2n) is 6.85. The molecule has 1 amide bonds. The summed E-state index contributed by atoms with van der Waals surface area (Å²) in [6.07, 6.45) is 0. The molecule has 0 saturated carbocycles. The molecule has 0 heterocycles. The Morgan fingerprint density at radius 1 is 1.14 bits per heavy atom. The number of hydrogen-bond acceptors (Lipinski definition) is 4. The molecule has 1 atom stereocenters. The molecule has 148 valence electrons. The van der Waals surface area contributed by atoms with Crippen LogP contribution < -0.4 is 15.0 Å². The third-order valence-electron chi connectivity index (χ3n) is 4.53. The van der Waals surface area contributed by atoms with E-state index in [-0.39, 0.29) is 5.91 Å². The Morgan fingerprint density at radius 3 is 2.69 bits per heavy atom. The first-order chi connectivity index (χ1) is 14.1. The van der Waals surface area contributed by atoms with Crippen molar-refractivity contribution in [3.05, 3.63) is 66.2 Å². The van der Waals surface area contributed by atoms with Gasteiger partial charge in [-0.05, 0) is 41.1 Å². The zero-order valence-corrected chi connectivity index (χ0v) is 17.4. The Morgan fingerprint density at radius 2 is 1.90 bits per heavy atom. The summed E-state index contributed by atoms with van der Waals surface area (Å²) in [5.41, 5.74) is 1.93. The zero-order valence-electron chi connectivity index (χ0n) is 16.6. The van der Waals surface area contributed by atoms with E-state index in [9.17, 15) is 4.79 Å². The Labute approximate surface area is 175 Å². The van der Waals surface area contributed by atoms with Gasteiger partial charge < -0.3 is 15.0 Å². The number of rotatable bonds is 8. The lowest BCUT2D eigenvalue weighted by Gasteiger charge is -2.15. The third-order valence-corrected chi connectivity index (χ3v) is 5.47. The maximum absolute atomic E-state index is 12.5. The molecule has 0 aliphatic heterocycles. The number of hydrogen-bond donors (Lipinski definition) is 2. The minimum absolute atomic E-state index is 0.0435. The number of methoxy groups -OCH3 is 1. The van der Waals surface area contributed by atoms with Gasteiger partial charge in [-0.15, -0.1) is 11.8 Å². The van der Waals surface area contributed by atoms with Crippen molar-refractivity contribution in [2.75, 3.05) is 31.8 Å². The molecule has 3 aromatic carbocycles. The number of carbonyl (C=O) groups is 1. The van der Waals surface area contributed by atoms with Crippen LogP contribution >= 0.6 is 11.8 Å². The fourth-order valence-corrected chi connectivity index (χ4v) is 3.86. The first-order valence-corrected chi connectivity index (χ1v) is 10.3. The zero-order chi connectivity index (χ0) is 20.6. The van der Waals surface area contributed by atoms with Gasteiger partial charge in [0, 0.05) is 10.5 Å². The van der Waals surface area contributed by atoms with Crippen molar-refractivity contribution in [2.24, 2.45) is 0 Å². The minimum atomic E-state index is -0.0435. The predicted molar refractivity (Wildman–Crippen MR) is 117 cm³/mol. The van der Waals surface area contributed by atoms with Gasteiger partial charge in [0.05, 0.1) is 31.7 Å². The van der Waals surface area contributed by atoms with Gasteiger partial charge in [-0.3, -0.25) is 4.79 Å². The van der Waals surface area contributed by atoms with E-state index >= 15 is 0 Å². The normalized spacial score (nSPS) is 11.6. The lowest BCUT2D eigenvalue weighted by molar-refractivity contribution is -0.885. The minimum Gasteiger partial charge on any atom is -0.497 e. The molecule has 2 N–H and O–H groups in total. The Balaban J connectivity index is 1.60. The molecule has 3 aromatic rings. The van der Waals surface area contributed by atoms with Gasteiger partial charge in [0.25, 0.3) is 5.91 Å². The van der Waals surface area contributed by atoms with Crippen molar-refractivity contribution in [2.45, 2.75) is 11.4 Å². The summed E-state index contributed by atoms with van der Waals surface area (Å²) in [5.74, 6) is 1.15. The molecule has 0 spiro atoms. The highest BCUT2D eigenvalue weighted by Gasteiger charge is 2.13. The van der Waals surface area contributed by atoms with E-state index in [1.807, 2.05) is 43.4 Å². The number of nitrogens with one attached hydrogen (secondary N) is 2. The molecule has 1 unspecified atom stereocenters. The number of anilines is 1. The van der Waals surface area contributed by atoms with Crippen LogP contribution in [-0.4, -0.2) is 32.4 Å². The fourth-order valence-electron chi connectivity index (χ4n) is 3.20. The lowest BCUT2D eigenvalue weighted by atomic mass is 10.1. The molecule has 5 nitrogen and oxygen atoms in total. The summed E-state index contributed by atoms with van der Waals surface area (Å²) in [4.78, 5) is 14.5. The van der Waals surface area contributed by atoms with Crippen molar-refractivity contribution >= 4 is 34.1 Å². The number of ether oxygens (including phenoxy) is 1. The van der Waals surface area contributed by atoms with Gasteiger partial charge in [-0.1, -0.05) is 30.3 Å². The number of benzene rings is 3. The standard InChI is InChI=1S/C23H23N3O2S/c1-26(15-17-7-8-19-14-20(28-2)10-9-18(19)13-17)16-23(27)25-21-5-3-4-6-22(21)29-12-11-24/h3-10,13-14H,12,15-16H2,1-2H3,(H,25,27)/p+1. The summed E-state index contributed by atoms with van der Waals surface area (Å²) in [5, 5.41) is 14.0. The van der Waals surface area contributed by atoms with Crippen LogP contribution in [0.25, 0.3) is 10.8 Å². The highest BCUT2D eigenvalue weighted by Crippen LogP contribution is 2.26. The summed E-state index contributed by atoms with van der Waals surface area (Å²) in [7, 11) is 3.67. The molecule has 29 heavy (non-hydrogen) atoms. The SMILES string of the molecule is COc1ccc2cc(C[NH+](C)CC(=O)Nc3ccccc3SCC#N)ccc2c1. The summed E-state index contributed by atoms with van der Waals surface area (Å²) in [6, 6.07) is 22.0. The van der Waals surface area contributed by atoms with Gasteiger partial charge in [0.1, 0.15) is 12.3 Å². The number of thioether (sulfide) groups is 1. The quantitative estimate of drug-likeness (QED) is 0.564. The fraction of sp³-hybridized carbons (Fsp3) is 0.217. The third kappa shape index (κ3) is 5.74. The molecule has 0 radical (unpaired) electrons. The van der Waals surface area contributed by atoms with E-state index in [4.69, 9.17) is 10.00 Å². The molecule has 0 aromatic heterocycles. The van der Waals surface area contributed by atoms with Crippen molar-refractivity contribution < 1.29 is 14.4 Å². The van der Waals surface area contributed by atoms with Gasteiger partial charge in [-0.2, -0.15) is 5.26 Å². The molecule has 0 aliphatic carbocycles. The van der Waals surface area contributed by atoms with Crippen LogP contribution in [0.1, 0.15) is 5.56 Å². The summed E-state index contributed by atoms with van der Waals surface area (Å²) >= 11 is 1.42.